The van der Waals surface area contributed by atoms with Gasteiger partial charge < -0.3 is 4.42 Å². The van der Waals surface area contributed by atoms with Crippen LogP contribution in [0.5, 0.6) is 0 Å². The molecule has 2 aliphatic rings. The van der Waals surface area contributed by atoms with Crippen molar-refractivity contribution in [1.82, 2.24) is 4.57 Å². The van der Waals surface area contributed by atoms with Gasteiger partial charge in [-0.1, -0.05) is 65.9 Å². The van der Waals surface area contributed by atoms with E-state index in [-0.39, 0.29) is 17.3 Å². The van der Waals surface area contributed by atoms with E-state index in [4.69, 9.17) is 9.41 Å². The minimum Gasteiger partial charge on any atom is -0.457 e. The van der Waals surface area contributed by atoms with Gasteiger partial charge in [0.2, 0.25) is 0 Å². The Balaban J connectivity index is 1.35. The summed E-state index contributed by atoms with van der Waals surface area (Å²) in [4.78, 5) is 30.1. The smallest absolute Gasteiger partial charge is 0.271 e. The van der Waals surface area contributed by atoms with Crippen LogP contribution in [0, 0.1) is 10.1 Å². The van der Waals surface area contributed by atoms with Gasteiger partial charge >= 0.3 is 0 Å². The molecule has 0 radical (unpaired) electrons. The van der Waals surface area contributed by atoms with E-state index in [2.05, 4.69) is 30.3 Å². The van der Waals surface area contributed by atoms with Gasteiger partial charge in [0, 0.05) is 29.3 Å². The van der Waals surface area contributed by atoms with Gasteiger partial charge in [-0.3, -0.25) is 19.5 Å². The van der Waals surface area contributed by atoms with Gasteiger partial charge in [0.05, 0.1) is 21.2 Å². The third-order valence-corrected chi connectivity index (χ3v) is 8.23. The molecule has 0 amide bonds. The van der Waals surface area contributed by atoms with Crippen LogP contribution in [0.25, 0.3) is 23.1 Å². The third kappa shape index (κ3) is 3.97. The summed E-state index contributed by atoms with van der Waals surface area (Å²) in [7, 11) is 0. The molecule has 0 fully saturated rings. The molecule has 0 unspecified atom stereocenters. The van der Waals surface area contributed by atoms with Crippen molar-refractivity contribution < 1.29 is 9.34 Å². The first-order valence-electron chi connectivity index (χ1n) is 12.6. The van der Waals surface area contributed by atoms with E-state index in [1.807, 2.05) is 28.8 Å². The number of thiazole rings is 1. The Kier molecular flexibility index (Phi) is 5.49. The Bertz CT molecular complexity index is 1960. The SMILES string of the molecule is O=c1/c(=C/c2ccc(-c3ccc([N+](=O)[O-])cc3)o2)sc2n1[C@H](c1ccccc1)C1=C(N=2)c2ccccc2CC1. The molecule has 0 saturated heterocycles. The predicted octanol–water partition coefficient (Wildman–Crippen LogP) is 5.49. The van der Waals surface area contributed by atoms with E-state index in [1.165, 1.54) is 29.0 Å². The molecule has 7 rings (SSSR count). The lowest BCUT2D eigenvalue weighted by atomic mass is 9.83. The Morgan fingerprint density at radius 1 is 0.949 bits per heavy atom. The van der Waals surface area contributed by atoms with E-state index >= 15 is 0 Å². The Morgan fingerprint density at radius 2 is 1.72 bits per heavy atom. The zero-order chi connectivity index (χ0) is 26.5. The molecule has 5 aromatic rings. The summed E-state index contributed by atoms with van der Waals surface area (Å²) < 4.78 is 8.36. The highest BCUT2D eigenvalue weighted by atomic mass is 32.1. The number of furan rings is 1. The Hall–Kier alpha value is -4.82. The fourth-order valence-corrected chi connectivity index (χ4v) is 6.40. The number of aryl methyl sites for hydroxylation is 1. The Morgan fingerprint density at radius 3 is 2.51 bits per heavy atom. The van der Waals surface area contributed by atoms with Crippen molar-refractivity contribution in [2.75, 3.05) is 0 Å². The molecule has 7 nitrogen and oxygen atoms in total. The van der Waals surface area contributed by atoms with Crippen molar-refractivity contribution in [3.63, 3.8) is 0 Å². The topological polar surface area (TPSA) is 90.6 Å². The molecule has 2 aromatic heterocycles. The zero-order valence-corrected chi connectivity index (χ0v) is 21.4. The van der Waals surface area contributed by atoms with Crippen LogP contribution in [0.2, 0.25) is 0 Å². The number of non-ortho nitro benzene ring substituents is 1. The third-order valence-electron chi connectivity index (χ3n) is 7.25. The fraction of sp³-hybridized carbons (Fsp3) is 0.0968. The van der Waals surface area contributed by atoms with Crippen molar-refractivity contribution in [3.05, 3.63) is 149 Å². The van der Waals surface area contributed by atoms with Crippen LogP contribution in [0.15, 0.2) is 111 Å². The number of allylic oxidation sites excluding steroid dienone is 1. The van der Waals surface area contributed by atoms with Gasteiger partial charge in [-0.2, -0.15) is 0 Å². The first-order chi connectivity index (χ1) is 19.1. The van der Waals surface area contributed by atoms with Crippen molar-refractivity contribution >= 4 is 28.8 Å². The maximum atomic E-state index is 13.9. The largest absolute Gasteiger partial charge is 0.457 e. The summed E-state index contributed by atoms with van der Waals surface area (Å²) in [5.74, 6) is 1.09. The van der Waals surface area contributed by atoms with Gasteiger partial charge in [-0.15, -0.1) is 0 Å². The molecular weight excluding hydrogens is 510 g/mol. The van der Waals surface area contributed by atoms with Crippen molar-refractivity contribution in [3.8, 4) is 11.3 Å². The van der Waals surface area contributed by atoms with Gasteiger partial charge in [0.1, 0.15) is 11.5 Å². The summed E-state index contributed by atoms with van der Waals surface area (Å²) >= 11 is 1.35. The lowest BCUT2D eigenvalue weighted by Gasteiger charge is -2.30. The molecule has 0 spiro atoms. The van der Waals surface area contributed by atoms with Gasteiger partial charge in [-0.05, 0) is 53.8 Å². The van der Waals surface area contributed by atoms with E-state index in [0.29, 0.717) is 20.9 Å². The molecule has 8 heteroatoms. The molecule has 1 atom stereocenters. The van der Waals surface area contributed by atoms with Crippen LogP contribution in [0.1, 0.15) is 34.9 Å². The number of nitro benzene ring substituents is 1. The number of fused-ring (bicyclic) bond motifs is 3. The first-order valence-corrected chi connectivity index (χ1v) is 13.4. The monoisotopic (exact) mass is 531 g/mol. The molecule has 0 bridgehead atoms. The maximum Gasteiger partial charge on any atom is 0.271 e. The predicted molar refractivity (Wildman–Crippen MR) is 150 cm³/mol. The molecule has 0 saturated carbocycles. The molecule has 190 valence electrons. The summed E-state index contributed by atoms with van der Waals surface area (Å²) in [6.07, 6.45) is 3.50. The highest BCUT2D eigenvalue weighted by Gasteiger charge is 2.32. The summed E-state index contributed by atoms with van der Waals surface area (Å²) in [5.41, 5.74) is 6.24. The quantitative estimate of drug-likeness (QED) is 0.227. The Labute approximate surface area is 226 Å². The maximum absolute atomic E-state index is 13.9. The van der Waals surface area contributed by atoms with Crippen LogP contribution < -0.4 is 14.9 Å². The molecular formula is C31H21N3O4S. The van der Waals surface area contributed by atoms with Crippen molar-refractivity contribution in [2.45, 2.75) is 18.9 Å². The minimum atomic E-state index is -0.434. The van der Waals surface area contributed by atoms with Gasteiger partial charge in [0.15, 0.2) is 4.80 Å². The van der Waals surface area contributed by atoms with E-state index in [1.54, 1.807) is 30.3 Å². The number of nitrogens with zero attached hydrogens (tertiary/aromatic N) is 3. The average molecular weight is 532 g/mol. The normalized spacial score (nSPS) is 16.3. The molecule has 0 N–H and O–H groups in total. The average Bonchev–Trinajstić information content (AvgIpc) is 3.56. The van der Waals surface area contributed by atoms with Crippen LogP contribution >= 0.6 is 11.3 Å². The first kappa shape index (κ1) is 23.3. The van der Waals surface area contributed by atoms with Gasteiger partial charge in [-0.25, -0.2) is 4.99 Å². The second-order valence-corrected chi connectivity index (χ2v) is 10.5. The van der Waals surface area contributed by atoms with Crippen LogP contribution in [-0.4, -0.2) is 9.49 Å². The molecule has 3 heterocycles. The highest BCUT2D eigenvalue weighted by molar-refractivity contribution is 7.07. The lowest BCUT2D eigenvalue weighted by Crippen LogP contribution is -2.38. The molecule has 1 aliphatic carbocycles. The highest BCUT2D eigenvalue weighted by Crippen LogP contribution is 2.41. The second-order valence-electron chi connectivity index (χ2n) is 9.53. The number of hydrogen-bond donors (Lipinski definition) is 0. The summed E-state index contributed by atoms with van der Waals surface area (Å²) in [6.45, 7) is 0. The molecule has 3 aromatic carbocycles. The van der Waals surface area contributed by atoms with Crippen LogP contribution in [0.4, 0.5) is 5.69 Å². The number of benzene rings is 3. The summed E-state index contributed by atoms with van der Waals surface area (Å²) in [5, 5.41) is 11.0. The zero-order valence-electron chi connectivity index (χ0n) is 20.6. The standard InChI is InChI=1S/C31H21N3O4S/c35-30-27(18-23-15-17-26(38-23)20-10-13-22(14-11-20)34(36)37)39-31-32-28-24-9-5-4-6-19(24)12-16-25(28)29(33(30)31)21-7-2-1-3-8-21/h1-11,13-15,17-18,29H,12,16H2/b27-18-/t29-/m1/s1. The number of nitro groups is 1. The minimum absolute atomic E-state index is 0.0185. The number of rotatable bonds is 4. The lowest BCUT2D eigenvalue weighted by molar-refractivity contribution is -0.384. The van der Waals surface area contributed by atoms with E-state index in [9.17, 15) is 14.9 Å². The van der Waals surface area contributed by atoms with E-state index in [0.717, 1.165) is 40.8 Å². The van der Waals surface area contributed by atoms with Crippen molar-refractivity contribution in [1.29, 1.82) is 0 Å². The van der Waals surface area contributed by atoms with Crippen LogP contribution in [-0.2, 0) is 6.42 Å². The number of aromatic nitrogens is 1. The second kappa shape index (κ2) is 9.18. The molecule has 1 aliphatic heterocycles. The fourth-order valence-electron chi connectivity index (χ4n) is 5.42. The van der Waals surface area contributed by atoms with Crippen molar-refractivity contribution in [2.24, 2.45) is 4.99 Å². The number of hydrogen-bond acceptors (Lipinski definition) is 6. The van der Waals surface area contributed by atoms with E-state index < -0.39 is 4.92 Å². The van der Waals surface area contributed by atoms with Crippen LogP contribution in [0.3, 0.4) is 0 Å². The summed E-state index contributed by atoms with van der Waals surface area (Å²) in [6, 6.07) is 28.1. The van der Waals surface area contributed by atoms with Gasteiger partial charge in [0.25, 0.3) is 11.2 Å². The molecule has 39 heavy (non-hydrogen) atoms.